The van der Waals surface area contributed by atoms with Crippen molar-refractivity contribution in [2.75, 3.05) is 13.2 Å². The Morgan fingerprint density at radius 2 is 2.27 bits per heavy atom. The summed E-state index contributed by atoms with van der Waals surface area (Å²) in [6.07, 6.45) is -1.31. The monoisotopic (exact) mass is 220 g/mol. The van der Waals surface area contributed by atoms with E-state index in [1.165, 1.54) is 10.9 Å². The Bertz CT molecular complexity index is 328. The molecule has 6 heteroatoms. The van der Waals surface area contributed by atoms with Crippen LogP contribution in [0.25, 0.3) is 0 Å². The summed E-state index contributed by atoms with van der Waals surface area (Å²) in [7, 11) is 0. The molecule has 15 heavy (non-hydrogen) atoms. The van der Waals surface area contributed by atoms with Gasteiger partial charge in [0.2, 0.25) is 0 Å². The van der Waals surface area contributed by atoms with Crippen LogP contribution >= 0.6 is 0 Å². The van der Waals surface area contributed by atoms with Crippen LogP contribution in [-0.4, -0.2) is 23.0 Å². The topological polar surface area (TPSA) is 27.1 Å². The van der Waals surface area contributed by atoms with Crippen LogP contribution in [0.3, 0.4) is 0 Å². The summed E-state index contributed by atoms with van der Waals surface area (Å²) in [5.41, 5.74) is -0.840. The summed E-state index contributed by atoms with van der Waals surface area (Å²) in [4.78, 5) is 0. The van der Waals surface area contributed by atoms with Crippen LogP contribution in [0.1, 0.15) is 24.6 Å². The van der Waals surface area contributed by atoms with E-state index < -0.39 is 11.9 Å². The second-order valence-electron chi connectivity index (χ2n) is 3.55. The molecule has 2 rings (SSSR count). The zero-order valence-electron chi connectivity index (χ0n) is 8.00. The van der Waals surface area contributed by atoms with Gasteiger partial charge in [-0.05, 0) is 18.9 Å². The van der Waals surface area contributed by atoms with Gasteiger partial charge in [-0.3, -0.25) is 4.68 Å². The van der Waals surface area contributed by atoms with E-state index in [1.807, 2.05) is 0 Å². The molecule has 1 aromatic heterocycles. The first-order valence-electron chi connectivity index (χ1n) is 4.77. The number of hydrogen-bond donors (Lipinski definition) is 0. The highest BCUT2D eigenvalue weighted by Gasteiger charge is 2.34. The molecule has 1 unspecified atom stereocenters. The molecule has 1 fully saturated rings. The molecule has 0 radical (unpaired) electrons. The summed E-state index contributed by atoms with van der Waals surface area (Å²) in [6.45, 7) is 1.13. The predicted molar refractivity (Wildman–Crippen MR) is 46.3 cm³/mol. The number of rotatable bonds is 1. The molecule has 3 nitrogen and oxygen atoms in total. The van der Waals surface area contributed by atoms with Gasteiger partial charge < -0.3 is 4.74 Å². The van der Waals surface area contributed by atoms with Gasteiger partial charge in [0.15, 0.2) is 5.69 Å². The van der Waals surface area contributed by atoms with Crippen LogP contribution in [0.4, 0.5) is 13.2 Å². The molecular formula is C9H11F3N2O. The van der Waals surface area contributed by atoms with E-state index in [9.17, 15) is 13.2 Å². The van der Waals surface area contributed by atoms with Gasteiger partial charge in [0, 0.05) is 12.8 Å². The third-order valence-corrected chi connectivity index (χ3v) is 2.41. The maximum Gasteiger partial charge on any atom is 0.435 e. The fraction of sp³-hybridized carbons (Fsp3) is 0.667. The first-order chi connectivity index (χ1) is 7.07. The van der Waals surface area contributed by atoms with Crippen molar-refractivity contribution in [1.82, 2.24) is 9.78 Å². The molecule has 1 aliphatic heterocycles. The average molecular weight is 220 g/mol. The Balaban J connectivity index is 2.12. The molecule has 1 saturated heterocycles. The molecule has 1 aliphatic rings. The lowest BCUT2D eigenvalue weighted by molar-refractivity contribution is -0.141. The third-order valence-electron chi connectivity index (χ3n) is 2.41. The van der Waals surface area contributed by atoms with Gasteiger partial charge in [0.1, 0.15) is 0 Å². The summed E-state index contributed by atoms with van der Waals surface area (Å²) in [6, 6.07) is 0.934. The normalized spacial score (nSPS) is 23.0. The Labute approximate surface area is 84.8 Å². The van der Waals surface area contributed by atoms with Crippen LogP contribution in [0.5, 0.6) is 0 Å². The summed E-state index contributed by atoms with van der Waals surface area (Å²) in [5.74, 6) is 0. The van der Waals surface area contributed by atoms with Gasteiger partial charge in [0.05, 0.1) is 12.6 Å². The lowest BCUT2D eigenvalue weighted by Crippen LogP contribution is -2.22. The zero-order valence-corrected chi connectivity index (χ0v) is 8.00. The highest BCUT2D eigenvalue weighted by atomic mass is 19.4. The van der Waals surface area contributed by atoms with E-state index in [0.29, 0.717) is 13.2 Å². The molecule has 0 aliphatic carbocycles. The Hall–Kier alpha value is -1.04. The van der Waals surface area contributed by atoms with E-state index in [2.05, 4.69) is 5.10 Å². The average Bonchev–Trinajstić information content (AvgIpc) is 2.67. The zero-order chi connectivity index (χ0) is 10.9. The van der Waals surface area contributed by atoms with Crippen molar-refractivity contribution < 1.29 is 17.9 Å². The number of ether oxygens (including phenoxy) is 1. The smallest absolute Gasteiger partial charge is 0.379 e. The largest absolute Gasteiger partial charge is 0.435 e. The molecule has 0 N–H and O–H groups in total. The van der Waals surface area contributed by atoms with E-state index in [-0.39, 0.29) is 6.04 Å². The van der Waals surface area contributed by atoms with Crippen LogP contribution in [0.15, 0.2) is 12.3 Å². The highest BCUT2D eigenvalue weighted by Crippen LogP contribution is 2.28. The van der Waals surface area contributed by atoms with Gasteiger partial charge in [-0.15, -0.1) is 0 Å². The lowest BCUT2D eigenvalue weighted by atomic mass is 10.1. The van der Waals surface area contributed by atoms with Gasteiger partial charge in [-0.25, -0.2) is 0 Å². The molecule has 0 amide bonds. The number of nitrogens with zero attached hydrogens (tertiary/aromatic N) is 2. The molecule has 1 aromatic rings. The number of alkyl halides is 3. The molecule has 0 spiro atoms. The summed E-state index contributed by atoms with van der Waals surface area (Å²) < 4.78 is 43.3. The minimum absolute atomic E-state index is 0.0603. The van der Waals surface area contributed by atoms with Crippen molar-refractivity contribution in [3.8, 4) is 0 Å². The fourth-order valence-electron chi connectivity index (χ4n) is 1.62. The second kappa shape index (κ2) is 3.84. The van der Waals surface area contributed by atoms with Crippen molar-refractivity contribution >= 4 is 0 Å². The lowest BCUT2D eigenvalue weighted by Gasteiger charge is -2.22. The quantitative estimate of drug-likeness (QED) is 0.725. The minimum Gasteiger partial charge on any atom is -0.379 e. The number of aromatic nitrogens is 2. The maximum absolute atomic E-state index is 12.3. The van der Waals surface area contributed by atoms with E-state index >= 15 is 0 Å². The second-order valence-corrected chi connectivity index (χ2v) is 3.55. The Kier molecular flexibility index (Phi) is 2.68. The van der Waals surface area contributed by atoms with Gasteiger partial charge >= 0.3 is 6.18 Å². The van der Waals surface area contributed by atoms with Crippen LogP contribution in [-0.2, 0) is 10.9 Å². The molecule has 0 saturated carbocycles. The van der Waals surface area contributed by atoms with Crippen LogP contribution < -0.4 is 0 Å². The van der Waals surface area contributed by atoms with Crippen molar-refractivity contribution in [3.05, 3.63) is 18.0 Å². The predicted octanol–water partition coefficient (Wildman–Crippen LogP) is 2.25. The fourth-order valence-corrected chi connectivity index (χ4v) is 1.62. The SMILES string of the molecule is FC(F)(F)c1ccn(C2CCCOC2)n1. The highest BCUT2D eigenvalue weighted by molar-refractivity contribution is 5.04. The van der Waals surface area contributed by atoms with Crippen molar-refractivity contribution in [1.29, 1.82) is 0 Å². The third kappa shape index (κ3) is 2.31. The van der Waals surface area contributed by atoms with E-state index in [1.54, 1.807) is 0 Å². The summed E-state index contributed by atoms with van der Waals surface area (Å²) >= 11 is 0. The van der Waals surface area contributed by atoms with Crippen molar-refractivity contribution in [2.45, 2.75) is 25.1 Å². The number of hydrogen-bond acceptors (Lipinski definition) is 2. The van der Waals surface area contributed by atoms with Gasteiger partial charge in [0.25, 0.3) is 0 Å². The number of halogens is 3. The molecule has 84 valence electrons. The minimum atomic E-state index is -4.36. The standard InChI is InChI=1S/C9H11F3N2O/c10-9(11,12)8-3-4-14(13-8)7-2-1-5-15-6-7/h3-4,7H,1-2,5-6H2. The Morgan fingerprint density at radius 3 is 2.80 bits per heavy atom. The van der Waals surface area contributed by atoms with Gasteiger partial charge in [-0.2, -0.15) is 18.3 Å². The van der Waals surface area contributed by atoms with Gasteiger partial charge in [-0.1, -0.05) is 0 Å². The van der Waals surface area contributed by atoms with E-state index in [0.717, 1.165) is 18.9 Å². The van der Waals surface area contributed by atoms with Crippen LogP contribution in [0.2, 0.25) is 0 Å². The first kappa shape index (κ1) is 10.5. The van der Waals surface area contributed by atoms with Crippen molar-refractivity contribution in [2.24, 2.45) is 0 Å². The van der Waals surface area contributed by atoms with Crippen LogP contribution in [0, 0.1) is 0 Å². The molecule has 1 atom stereocenters. The molecule has 2 heterocycles. The van der Waals surface area contributed by atoms with Crippen molar-refractivity contribution in [3.63, 3.8) is 0 Å². The molecule has 0 aromatic carbocycles. The summed E-state index contributed by atoms with van der Waals surface area (Å²) in [5, 5.41) is 3.52. The first-order valence-corrected chi connectivity index (χ1v) is 4.77. The Morgan fingerprint density at radius 1 is 1.47 bits per heavy atom. The maximum atomic E-state index is 12.3. The molecule has 0 bridgehead atoms. The van der Waals surface area contributed by atoms with E-state index in [4.69, 9.17) is 4.74 Å². The molecular weight excluding hydrogens is 209 g/mol.